The van der Waals surface area contributed by atoms with Crippen LogP contribution in [0.2, 0.25) is 0 Å². The van der Waals surface area contributed by atoms with Crippen molar-refractivity contribution in [2.24, 2.45) is 0 Å². The van der Waals surface area contributed by atoms with E-state index in [0.29, 0.717) is 26.1 Å². The van der Waals surface area contributed by atoms with Gasteiger partial charge < -0.3 is 20.4 Å². The molecule has 0 atom stereocenters. The third-order valence-electron chi connectivity index (χ3n) is 4.01. The van der Waals surface area contributed by atoms with Crippen molar-refractivity contribution in [3.63, 3.8) is 0 Å². The summed E-state index contributed by atoms with van der Waals surface area (Å²) in [6, 6.07) is 0. The van der Waals surface area contributed by atoms with Gasteiger partial charge in [-0.2, -0.15) is 0 Å². The molecule has 188 valence electrons. The van der Waals surface area contributed by atoms with Crippen molar-refractivity contribution in [1.82, 2.24) is 0 Å². The zero-order valence-corrected chi connectivity index (χ0v) is 23.3. The Morgan fingerprint density at radius 2 is 0.742 bits per heavy atom. The largest absolute Gasteiger partial charge is 0.481 e. The van der Waals surface area contributed by atoms with Crippen LogP contribution in [0, 0.1) is 0 Å². The van der Waals surface area contributed by atoms with Crippen LogP contribution in [0.4, 0.5) is 0 Å². The van der Waals surface area contributed by atoms with Crippen LogP contribution in [0.15, 0.2) is 0 Å². The number of aliphatic carboxylic acids is 2. The first-order valence-corrected chi connectivity index (χ1v) is 12.0. The van der Waals surface area contributed by atoms with Crippen LogP contribution >= 0.6 is 0 Å². The molecule has 0 fully saturated rings. The molecule has 4 N–H and O–H groups in total. The van der Waals surface area contributed by atoms with Gasteiger partial charge in [0.1, 0.15) is 0 Å². The van der Waals surface area contributed by atoms with E-state index in [1.807, 2.05) is 0 Å². The average molecular weight is 528 g/mol. The number of aliphatic hydroxyl groups is 2. The van der Waals surface area contributed by atoms with E-state index < -0.39 is 11.9 Å². The molecule has 0 spiro atoms. The summed E-state index contributed by atoms with van der Waals surface area (Å²) in [5, 5.41) is 32.7. The second kappa shape index (κ2) is 43.6. The molecule has 0 amide bonds. The Morgan fingerprint density at radius 3 is 0.903 bits per heavy atom. The second-order valence-corrected chi connectivity index (χ2v) is 7.27. The van der Waals surface area contributed by atoms with Gasteiger partial charge in [0.25, 0.3) is 0 Å². The third-order valence-corrected chi connectivity index (χ3v) is 4.01. The van der Waals surface area contributed by atoms with Crippen molar-refractivity contribution in [2.75, 3.05) is 13.2 Å². The molecule has 0 aromatic carbocycles. The average Bonchev–Trinajstić information content (AvgIpc) is 2.70. The zero-order chi connectivity index (χ0) is 23.9. The SMILES string of the molecule is CCCCCCCC(=O)O.CCCCCCCC(=O)O.CCCCO.CCCCO.[Zr]. The van der Waals surface area contributed by atoms with E-state index in [9.17, 15) is 9.59 Å². The Balaban J connectivity index is -0.000000101. The Morgan fingerprint density at radius 1 is 0.484 bits per heavy atom. The Bertz CT molecular complexity index is 280. The van der Waals surface area contributed by atoms with E-state index in [0.717, 1.165) is 51.4 Å². The molecule has 31 heavy (non-hydrogen) atoms. The first kappa shape index (κ1) is 41.0. The van der Waals surface area contributed by atoms with Crippen molar-refractivity contribution in [2.45, 2.75) is 130 Å². The van der Waals surface area contributed by atoms with Crippen LogP contribution in [0.5, 0.6) is 0 Å². The van der Waals surface area contributed by atoms with Crippen LogP contribution in [-0.4, -0.2) is 45.6 Å². The maximum atomic E-state index is 10.0. The number of hydrogen-bond donors (Lipinski definition) is 4. The van der Waals surface area contributed by atoms with Crippen molar-refractivity contribution in [3.05, 3.63) is 0 Å². The van der Waals surface area contributed by atoms with Crippen LogP contribution in [0.3, 0.4) is 0 Å². The monoisotopic (exact) mass is 526 g/mol. The molecule has 0 saturated carbocycles. The molecule has 6 nitrogen and oxygen atoms in total. The summed E-state index contributed by atoms with van der Waals surface area (Å²) >= 11 is 0. The molecule has 0 aliphatic heterocycles. The molecule has 0 rings (SSSR count). The standard InChI is InChI=1S/2C8H16O2.2C4H10O.Zr/c2*1-2-3-4-5-6-7-8(9)10;2*1-2-3-4-5;/h2*2-7H2,1H3,(H,9,10);2*5H,2-4H2,1H3;. The fourth-order valence-corrected chi connectivity index (χ4v) is 2.08. The predicted molar refractivity (Wildman–Crippen MR) is 126 cm³/mol. The van der Waals surface area contributed by atoms with Gasteiger partial charge in [0.15, 0.2) is 0 Å². The first-order valence-electron chi connectivity index (χ1n) is 12.0. The smallest absolute Gasteiger partial charge is 0.303 e. The van der Waals surface area contributed by atoms with Gasteiger partial charge in [0.2, 0.25) is 0 Å². The molecule has 0 unspecified atom stereocenters. The molecular weight excluding hydrogens is 475 g/mol. The Hall–Kier alpha value is -0.257. The summed E-state index contributed by atoms with van der Waals surface area (Å²) < 4.78 is 0. The quantitative estimate of drug-likeness (QED) is 0.172. The molecule has 0 aliphatic rings. The van der Waals surface area contributed by atoms with E-state index in [1.165, 1.54) is 38.5 Å². The van der Waals surface area contributed by atoms with Crippen molar-refractivity contribution < 1.29 is 56.2 Å². The molecule has 0 heterocycles. The fraction of sp³-hybridized carbons (Fsp3) is 0.917. The number of carboxylic acids is 2. The van der Waals surface area contributed by atoms with Gasteiger partial charge in [0.05, 0.1) is 0 Å². The minimum Gasteiger partial charge on any atom is -0.481 e. The molecule has 7 heteroatoms. The van der Waals surface area contributed by atoms with Gasteiger partial charge in [-0.25, -0.2) is 0 Å². The number of rotatable bonds is 16. The molecule has 0 saturated heterocycles. The fourth-order valence-electron chi connectivity index (χ4n) is 2.08. The van der Waals surface area contributed by atoms with Crippen molar-refractivity contribution >= 4 is 11.9 Å². The van der Waals surface area contributed by atoms with Gasteiger partial charge >= 0.3 is 11.9 Å². The third kappa shape index (κ3) is 72.7. The molecule has 0 bridgehead atoms. The van der Waals surface area contributed by atoms with Crippen LogP contribution in [0.1, 0.15) is 130 Å². The zero-order valence-electron chi connectivity index (χ0n) is 20.8. The Kier molecular flexibility index (Phi) is 57.7. The summed E-state index contributed by atoms with van der Waals surface area (Å²) in [5.74, 6) is -1.34. The van der Waals surface area contributed by atoms with Gasteiger partial charge in [-0.3, -0.25) is 9.59 Å². The van der Waals surface area contributed by atoms with E-state index in [-0.39, 0.29) is 26.2 Å². The summed E-state index contributed by atoms with van der Waals surface area (Å²) in [6.45, 7) is 9.09. The predicted octanol–water partition coefficient (Wildman–Crippen LogP) is 6.42. The molecule has 0 aromatic heterocycles. The number of carbonyl (C=O) groups is 2. The van der Waals surface area contributed by atoms with Crippen LogP contribution < -0.4 is 0 Å². The summed E-state index contributed by atoms with van der Waals surface area (Å²) in [6.07, 6.45) is 15.8. The Labute approximate surface area is 211 Å². The summed E-state index contributed by atoms with van der Waals surface area (Å²) in [5.41, 5.74) is 0. The van der Waals surface area contributed by atoms with Gasteiger partial charge in [0, 0.05) is 52.3 Å². The maximum Gasteiger partial charge on any atom is 0.303 e. The van der Waals surface area contributed by atoms with Crippen LogP contribution in [0.25, 0.3) is 0 Å². The van der Waals surface area contributed by atoms with Gasteiger partial charge in [-0.05, 0) is 25.7 Å². The first-order chi connectivity index (χ1) is 14.4. The van der Waals surface area contributed by atoms with E-state index in [1.54, 1.807) is 0 Å². The van der Waals surface area contributed by atoms with Gasteiger partial charge in [-0.1, -0.05) is 91.9 Å². The van der Waals surface area contributed by atoms with Crippen LogP contribution in [-0.2, 0) is 35.8 Å². The topological polar surface area (TPSA) is 115 Å². The maximum absolute atomic E-state index is 10.0. The normalized spacial score (nSPS) is 8.97. The molecular formula is C24H52O6Zr. The summed E-state index contributed by atoms with van der Waals surface area (Å²) in [4.78, 5) is 20.1. The number of aliphatic hydroxyl groups excluding tert-OH is 2. The van der Waals surface area contributed by atoms with Gasteiger partial charge in [-0.15, -0.1) is 0 Å². The van der Waals surface area contributed by atoms with E-state index in [4.69, 9.17) is 20.4 Å². The summed E-state index contributed by atoms with van der Waals surface area (Å²) in [7, 11) is 0. The second-order valence-electron chi connectivity index (χ2n) is 7.27. The minimum absolute atomic E-state index is 0. The van der Waals surface area contributed by atoms with Crippen molar-refractivity contribution in [1.29, 1.82) is 0 Å². The van der Waals surface area contributed by atoms with E-state index in [2.05, 4.69) is 27.7 Å². The number of unbranched alkanes of at least 4 members (excludes halogenated alkanes) is 10. The molecule has 0 aromatic rings. The number of hydrogen-bond acceptors (Lipinski definition) is 4. The van der Waals surface area contributed by atoms with E-state index >= 15 is 0 Å². The van der Waals surface area contributed by atoms with Crippen molar-refractivity contribution in [3.8, 4) is 0 Å². The number of carboxylic acid groups (broad SMARTS) is 2. The minimum atomic E-state index is -0.670. The molecule has 0 aliphatic carbocycles. The molecule has 0 radical (unpaired) electrons.